The van der Waals surface area contributed by atoms with Gasteiger partial charge in [0.2, 0.25) is 0 Å². The third-order valence-corrected chi connectivity index (χ3v) is 2.52. The van der Waals surface area contributed by atoms with Gasteiger partial charge in [-0.15, -0.1) is 0 Å². The quantitative estimate of drug-likeness (QED) is 0.476. The summed E-state index contributed by atoms with van der Waals surface area (Å²) in [7, 11) is 0. The molecule has 2 atom stereocenters. The molecule has 2 heteroatoms. The van der Waals surface area contributed by atoms with E-state index >= 15 is 0 Å². The molecular weight excluding hydrogens is 128 g/mol. The van der Waals surface area contributed by atoms with Gasteiger partial charge in [-0.1, -0.05) is 12.8 Å². The lowest BCUT2D eigenvalue weighted by Crippen LogP contribution is -2.44. The van der Waals surface area contributed by atoms with E-state index in [4.69, 9.17) is 4.74 Å². The molecule has 10 heavy (non-hydrogen) atoms. The zero-order chi connectivity index (χ0) is 6.97. The average molecular weight is 140 g/mol. The lowest BCUT2D eigenvalue weighted by atomic mass is 9.92. The predicted molar refractivity (Wildman–Crippen MR) is 36.5 cm³/mol. The van der Waals surface area contributed by atoms with Crippen molar-refractivity contribution in [2.75, 3.05) is 0 Å². The number of carbonyl (C=O) groups excluding carboxylic acids is 1. The Morgan fingerprint density at radius 3 is 2.80 bits per heavy atom. The van der Waals surface area contributed by atoms with Gasteiger partial charge < -0.3 is 4.74 Å². The molecule has 0 aromatic rings. The normalized spacial score (nSPS) is 39.0. The van der Waals surface area contributed by atoms with Crippen LogP contribution in [0.4, 0.5) is 0 Å². The Labute approximate surface area is 60.6 Å². The first-order valence-electron chi connectivity index (χ1n) is 4.08. The van der Waals surface area contributed by atoms with Gasteiger partial charge in [0.05, 0.1) is 5.92 Å². The molecule has 0 radical (unpaired) electrons. The Bertz CT molecular complexity index is 153. The summed E-state index contributed by atoms with van der Waals surface area (Å²) in [5, 5.41) is 0. The van der Waals surface area contributed by atoms with Crippen LogP contribution in [0.1, 0.15) is 32.1 Å². The topological polar surface area (TPSA) is 26.3 Å². The molecule has 1 saturated carbocycles. The number of hydrogen-bond donors (Lipinski definition) is 0. The molecule has 2 nitrogen and oxygen atoms in total. The minimum absolute atomic E-state index is 0.0481. The number of fused-ring (bicyclic) bond motifs is 1. The third kappa shape index (κ3) is 0.825. The minimum Gasteiger partial charge on any atom is -0.461 e. The third-order valence-electron chi connectivity index (χ3n) is 2.52. The summed E-state index contributed by atoms with van der Waals surface area (Å²) in [5.41, 5.74) is 0. The Kier molecular flexibility index (Phi) is 1.40. The second-order valence-corrected chi connectivity index (χ2v) is 3.22. The first kappa shape index (κ1) is 6.20. The van der Waals surface area contributed by atoms with Crippen molar-refractivity contribution in [2.24, 2.45) is 5.92 Å². The summed E-state index contributed by atoms with van der Waals surface area (Å²) in [5.74, 6) is 0.328. The molecule has 2 fully saturated rings. The standard InChI is InChI=1S/C8H12O2/c9-8-6-4-2-1-3-5-7(6)10-8/h6-7H,1-5H2/t6?,7-/m1/s1. The highest BCUT2D eigenvalue weighted by atomic mass is 16.6. The van der Waals surface area contributed by atoms with Crippen molar-refractivity contribution in [3.63, 3.8) is 0 Å². The van der Waals surface area contributed by atoms with Crippen LogP contribution in [-0.4, -0.2) is 12.1 Å². The van der Waals surface area contributed by atoms with Gasteiger partial charge >= 0.3 is 5.97 Å². The van der Waals surface area contributed by atoms with Gasteiger partial charge in [-0.2, -0.15) is 0 Å². The molecule has 0 amide bonds. The van der Waals surface area contributed by atoms with Crippen molar-refractivity contribution in [1.82, 2.24) is 0 Å². The monoisotopic (exact) mass is 140 g/mol. The van der Waals surface area contributed by atoms with Gasteiger partial charge in [-0.3, -0.25) is 4.79 Å². The van der Waals surface area contributed by atoms with Crippen molar-refractivity contribution < 1.29 is 9.53 Å². The summed E-state index contributed by atoms with van der Waals surface area (Å²) in [6.07, 6.45) is 6.23. The van der Waals surface area contributed by atoms with Crippen LogP contribution in [0.25, 0.3) is 0 Å². The van der Waals surface area contributed by atoms with E-state index < -0.39 is 0 Å². The van der Waals surface area contributed by atoms with E-state index in [1.165, 1.54) is 19.3 Å². The number of carbonyl (C=O) groups is 1. The maximum Gasteiger partial charge on any atom is 0.313 e. The second-order valence-electron chi connectivity index (χ2n) is 3.22. The van der Waals surface area contributed by atoms with E-state index in [0.717, 1.165) is 12.8 Å². The van der Waals surface area contributed by atoms with Gasteiger partial charge in [-0.05, 0) is 19.3 Å². The highest BCUT2D eigenvalue weighted by Gasteiger charge is 2.42. The molecule has 1 heterocycles. The zero-order valence-electron chi connectivity index (χ0n) is 6.01. The molecule has 1 aliphatic carbocycles. The summed E-state index contributed by atoms with van der Waals surface area (Å²) in [4.78, 5) is 10.8. The van der Waals surface area contributed by atoms with Gasteiger partial charge in [0.1, 0.15) is 6.10 Å². The van der Waals surface area contributed by atoms with Crippen molar-refractivity contribution in [1.29, 1.82) is 0 Å². The van der Waals surface area contributed by atoms with Crippen LogP contribution in [0.15, 0.2) is 0 Å². The van der Waals surface area contributed by atoms with Crippen LogP contribution in [0.3, 0.4) is 0 Å². The number of rotatable bonds is 0. The van der Waals surface area contributed by atoms with E-state index in [-0.39, 0.29) is 11.9 Å². The van der Waals surface area contributed by atoms with Gasteiger partial charge in [-0.25, -0.2) is 0 Å². The van der Waals surface area contributed by atoms with Crippen molar-refractivity contribution in [3.8, 4) is 0 Å². The van der Waals surface area contributed by atoms with E-state index in [2.05, 4.69) is 0 Å². The lowest BCUT2D eigenvalue weighted by molar-refractivity contribution is -0.184. The molecule has 0 aromatic heterocycles. The second kappa shape index (κ2) is 2.26. The van der Waals surface area contributed by atoms with Crippen LogP contribution in [-0.2, 0) is 9.53 Å². The molecule has 1 saturated heterocycles. The first-order valence-corrected chi connectivity index (χ1v) is 4.08. The van der Waals surface area contributed by atoms with Crippen LogP contribution in [0.2, 0.25) is 0 Å². The van der Waals surface area contributed by atoms with Crippen LogP contribution < -0.4 is 0 Å². The fraction of sp³-hybridized carbons (Fsp3) is 0.875. The first-order chi connectivity index (χ1) is 4.88. The fourth-order valence-electron chi connectivity index (χ4n) is 1.85. The van der Waals surface area contributed by atoms with E-state index in [0.29, 0.717) is 6.10 Å². The SMILES string of the molecule is O=C1O[C@@H]2CCCCCC12. The summed E-state index contributed by atoms with van der Waals surface area (Å²) in [6.45, 7) is 0. The summed E-state index contributed by atoms with van der Waals surface area (Å²) >= 11 is 0. The molecule has 1 aliphatic heterocycles. The fourth-order valence-corrected chi connectivity index (χ4v) is 1.85. The Balaban J connectivity index is 1.99. The van der Waals surface area contributed by atoms with Crippen LogP contribution in [0.5, 0.6) is 0 Å². The van der Waals surface area contributed by atoms with E-state index in [1.807, 2.05) is 0 Å². The van der Waals surface area contributed by atoms with Gasteiger partial charge in [0, 0.05) is 0 Å². The molecule has 56 valence electrons. The lowest BCUT2D eigenvalue weighted by Gasteiger charge is -2.33. The molecular formula is C8H12O2. The number of ether oxygens (including phenoxy) is 1. The highest BCUT2D eigenvalue weighted by molar-refractivity contribution is 5.78. The number of esters is 1. The van der Waals surface area contributed by atoms with Gasteiger partial charge in [0.25, 0.3) is 0 Å². The highest BCUT2D eigenvalue weighted by Crippen LogP contribution is 2.34. The van der Waals surface area contributed by atoms with Gasteiger partial charge in [0.15, 0.2) is 0 Å². The molecule has 0 spiro atoms. The molecule has 0 aromatic carbocycles. The van der Waals surface area contributed by atoms with Crippen molar-refractivity contribution in [2.45, 2.75) is 38.2 Å². The van der Waals surface area contributed by atoms with E-state index in [9.17, 15) is 4.79 Å². The van der Waals surface area contributed by atoms with Crippen molar-refractivity contribution in [3.05, 3.63) is 0 Å². The maximum atomic E-state index is 10.8. The smallest absolute Gasteiger partial charge is 0.313 e. The molecule has 2 rings (SSSR count). The largest absolute Gasteiger partial charge is 0.461 e. The van der Waals surface area contributed by atoms with Crippen LogP contribution in [0, 0.1) is 5.92 Å². The molecule has 2 aliphatic rings. The Morgan fingerprint density at radius 1 is 1.20 bits per heavy atom. The minimum atomic E-state index is 0.0481. The van der Waals surface area contributed by atoms with Crippen molar-refractivity contribution >= 4 is 5.97 Å². The molecule has 0 N–H and O–H groups in total. The molecule has 1 unspecified atom stereocenters. The summed E-state index contributed by atoms with van der Waals surface area (Å²) in [6, 6.07) is 0. The van der Waals surface area contributed by atoms with Crippen LogP contribution >= 0.6 is 0 Å². The Morgan fingerprint density at radius 2 is 2.00 bits per heavy atom. The van der Waals surface area contributed by atoms with E-state index in [1.54, 1.807) is 0 Å². The maximum absolute atomic E-state index is 10.8. The predicted octanol–water partition coefficient (Wildman–Crippen LogP) is 1.49. The molecule has 0 bridgehead atoms. The average Bonchev–Trinajstić information content (AvgIpc) is 2.09. The summed E-state index contributed by atoms with van der Waals surface area (Å²) < 4.78 is 4.98. The number of hydrogen-bond acceptors (Lipinski definition) is 2. The zero-order valence-corrected chi connectivity index (χ0v) is 6.01. The Hall–Kier alpha value is -0.530.